The van der Waals surface area contributed by atoms with Gasteiger partial charge in [0.25, 0.3) is 11.8 Å². The van der Waals surface area contributed by atoms with Crippen LogP contribution >= 0.6 is 24.0 Å². The Kier molecular flexibility index (Phi) is 6.48. The number of thioether (sulfide) groups is 1. The van der Waals surface area contributed by atoms with Crippen LogP contribution in [0.15, 0.2) is 47.4 Å². The maximum absolute atomic E-state index is 13.6. The lowest BCUT2D eigenvalue weighted by Gasteiger charge is -2.18. The predicted octanol–water partition coefficient (Wildman–Crippen LogP) is 4.04. The average molecular weight is 508 g/mol. The number of nitrogens with zero attached hydrogens (tertiary/aromatic N) is 2. The van der Waals surface area contributed by atoms with Crippen LogP contribution in [0.3, 0.4) is 0 Å². The fraction of sp³-hybridized carbons (Fsp3) is 0.308. The molecule has 35 heavy (non-hydrogen) atoms. The van der Waals surface area contributed by atoms with Gasteiger partial charge in [0.05, 0.1) is 28.8 Å². The Hall–Kier alpha value is -3.01. The van der Waals surface area contributed by atoms with Crippen LogP contribution in [0.2, 0.25) is 0 Å². The monoisotopic (exact) mass is 507 g/mol. The molecule has 1 atom stereocenters. The molecule has 2 aromatic rings. The second-order valence-corrected chi connectivity index (χ2v) is 10.5. The molecule has 7 nitrogen and oxygen atoms in total. The standard InChI is InChI=1S/C26H25N3O4S2/c1-15-9-10-17(12-16(15)2)27-21(30)14-28-20-8-4-3-7-19(20)22(24(28)31)23-25(32)29(26(34)35-23)13-18-6-5-11-33-18/h3-4,7-10,12,18H,5-6,11,13-14H2,1-2H3,(H,27,30). The van der Waals surface area contributed by atoms with Crippen molar-refractivity contribution in [3.63, 3.8) is 0 Å². The van der Waals surface area contributed by atoms with Crippen LogP contribution < -0.4 is 10.2 Å². The Morgan fingerprint density at radius 2 is 1.91 bits per heavy atom. The molecule has 1 N–H and O–H groups in total. The number of rotatable bonds is 5. The number of carbonyl (C=O) groups excluding carboxylic acids is 3. The number of benzene rings is 2. The normalized spacial score (nSPS) is 21.8. The van der Waals surface area contributed by atoms with Gasteiger partial charge in [-0.1, -0.05) is 48.2 Å². The van der Waals surface area contributed by atoms with E-state index in [1.54, 1.807) is 12.1 Å². The Labute approximate surface area is 213 Å². The van der Waals surface area contributed by atoms with E-state index in [2.05, 4.69) is 5.32 Å². The molecule has 0 radical (unpaired) electrons. The third-order valence-corrected chi connectivity index (χ3v) is 7.95. The minimum atomic E-state index is -0.376. The van der Waals surface area contributed by atoms with Crippen LogP contribution in [0.4, 0.5) is 11.4 Å². The molecule has 9 heteroatoms. The van der Waals surface area contributed by atoms with Crippen LogP contribution in [-0.4, -0.2) is 52.7 Å². The predicted molar refractivity (Wildman–Crippen MR) is 141 cm³/mol. The van der Waals surface area contributed by atoms with Crippen molar-refractivity contribution in [2.24, 2.45) is 0 Å². The molecule has 3 heterocycles. The summed E-state index contributed by atoms with van der Waals surface area (Å²) >= 11 is 6.62. The van der Waals surface area contributed by atoms with E-state index in [9.17, 15) is 14.4 Å². The number of hydrogen-bond acceptors (Lipinski definition) is 6. The summed E-state index contributed by atoms with van der Waals surface area (Å²) in [6.07, 6.45) is 1.80. The van der Waals surface area contributed by atoms with Crippen molar-refractivity contribution in [3.05, 3.63) is 64.1 Å². The van der Waals surface area contributed by atoms with Crippen molar-refractivity contribution >= 4 is 63.0 Å². The average Bonchev–Trinajstić information content (AvgIpc) is 3.51. The Morgan fingerprint density at radius 1 is 1.11 bits per heavy atom. The molecular formula is C26H25N3O4S2. The molecule has 0 aliphatic carbocycles. The first-order valence-corrected chi connectivity index (χ1v) is 12.7. The summed E-state index contributed by atoms with van der Waals surface area (Å²) in [5, 5.41) is 2.87. The number of anilines is 2. The zero-order valence-corrected chi connectivity index (χ0v) is 21.1. The number of para-hydroxylation sites is 1. The highest BCUT2D eigenvalue weighted by Gasteiger charge is 2.43. The van der Waals surface area contributed by atoms with Gasteiger partial charge in [0.2, 0.25) is 5.91 Å². The molecule has 0 bridgehead atoms. The number of nitrogens with one attached hydrogen (secondary N) is 1. The van der Waals surface area contributed by atoms with Crippen molar-refractivity contribution in [1.82, 2.24) is 4.90 Å². The lowest BCUT2D eigenvalue weighted by molar-refractivity contribution is -0.123. The van der Waals surface area contributed by atoms with Gasteiger partial charge < -0.3 is 10.1 Å². The van der Waals surface area contributed by atoms with Gasteiger partial charge >= 0.3 is 0 Å². The Balaban J connectivity index is 1.40. The van der Waals surface area contributed by atoms with Crippen LogP contribution in [0, 0.1) is 13.8 Å². The zero-order valence-electron chi connectivity index (χ0n) is 19.5. The molecule has 5 rings (SSSR count). The Bertz CT molecular complexity index is 1280. The minimum Gasteiger partial charge on any atom is -0.376 e. The smallest absolute Gasteiger partial charge is 0.267 e. The molecular weight excluding hydrogens is 482 g/mol. The van der Waals surface area contributed by atoms with Crippen molar-refractivity contribution in [2.45, 2.75) is 32.8 Å². The molecule has 0 spiro atoms. The molecule has 180 valence electrons. The second-order valence-electron chi connectivity index (χ2n) is 8.88. The number of carbonyl (C=O) groups is 3. The highest BCUT2D eigenvalue weighted by atomic mass is 32.2. The highest BCUT2D eigenvalue weighted by molar-refractivity contribution is 8.26. The SMILES string of the molecule is Cc1ccc(NC(=O)CN2C(=O)C(=C3SC(=S)N(CC4CCCO4)C3=O)c3ccccc32)cc1C. The van der Waals surface area contributed by atoms with Crippen LogP contribution in [0.5, 0.6) is 0 Å². The van der Waals surface area contributed by atoms with Crippen molar-refractivity contribution in [2.75, 3.05) is 29.9 Å². The first-order chi connectivity index (χ1) is 16.8. The topological polar surface area (TPSA) is 79.0 Å². The summed E-state index contributed by atoms with van der Waals surface area (Å²) in [5.74, 6) is -0.974. The third kappa shape index (κ3) is 4.51. The maximum Gasteiger partial charge on any atom is 0.267 e. The molecule has 3 aliphatic rings. The molecule has 2 aromatic carbocycles. The quantitative estimate of drug-likeness (QED) is 0.486. The summed E-state index contributed by atoms with van der Waals surface area (Å²) in [6.45, 7) is 4.89. The van der Waals surface area contributed by atoms with Gasteiger partial charge in [-0.25, -0.2) is 0 Å². The summed E-state index contributed by atoms with van der Waals surface area (Å²) in [7, 11) is 0. The van der Waals surface area contributed by atoms with Crippen molar-refractivity contribution in [3.8, 4) is 0 Å². The van der Waals surface area contributed by atoms with Crippen LogP contribution in [0.1, 0.15) is 29.5 Å². The van der Waals surface area contributed by atoms with Gasteiger partial charge in [0, 0.05) is 17.9 Å². The van der Waals surface area contributed by atoms with Gasteiger partial charge in [0.15, 0.2) is 0 Å². The number of fused-ring (bicyclic) bond motifs is 1. The maximum atomic E-state index is 13.6. The first-order valence-electron chi connectivity index (χ1n) is 11.5. The fourth-order valence-electron chi connectivity index (χ4n) is 4.52. The third-order valence-electron chi connectivity index (χ3n) is 6.50. The van der Waals surface area contributed by atoms with Gasteiger partial charge in [-0.2, -0.15) is 0 Å². The van der Waals surface area contributed by atoms with E-state index in [1.807, 2.05) is 44.2 Å². The van der Waals surface area contributed by atoms with E-state index < -0.39 is 0 Å². The summed E-state index contributed by atoms with van der Waals surface area (Å²) in [6, 6.07) is 12.9. The molecule has 0 aromatic heterocycles. The number of hydrogen-bond donors (Lipinski definition) is 1. The minimum absolute atomic E-state index is 0.0426. The van der Waals surface area contributed by atoms with Crippen molar-refractivity contribution < 1.29 is 19.1 Å². The van der Waals surface area contributed by atoms with E-state index in [0.29, 0.717) is 44.9 Å². The number of aryl methyl sites for hydroxylation is 2. The summed E-state index contributed by atoms with van der Waals surface area (Å²) in [5.41, 5.74) is 4.41. The lowest BCUT2D eigenvalue weighted by atomic mass is 10.1. The highest BCUT2D eigenvalue weighted by Crippen LogP contribution is 2.44. The Morgan fingerprint density at radius 3 is 2.66 bits per heavy atom. The largest absolute Gasteiger partial charge is 0.376 e. The van der Waals surface area contributed by atoms with Crippen LogP contribution in [0.25, 0.3) is 5.57 Å². The molecule has 3 aliphatic heterocycles. The molecule has 0 saturated carbocycles. The van der Waals surface area contributed by atoms with E-state index in [-0.39, 0.29) is 30.4 Å². The lowest BCUT2D eigenvalue weighted by Crippen LogP contribution is -2.36. The van der Waals surface area contributed by atoms with E-state index in [0.717, 1.165) is 35.7 Å². The van der Waals surface area contributed by atoms with E-state index >= 15 is 0 Å². The summed E-state index contributed by atoms with van der Waals surface area (Å²) in [4.78, 5) is 43.0. The summed E-state index contributed by atoms with van der Waals surface area (Å²) < 4.78 is 6.10. The molecule has 2 fully saturated rings. The van der Waals surface area contributed by atoms with Gasteiger partial charge in [-0.3, -0.25) is 24.2 Å². The molecule has 1 unspecified atom stereocenters. The zero-order chi connectivity index (χ0) is 24.7. The van der Waals surface area contributed by atoms with Gasteiger partial charge in [-0.05, 0) is 56.0 Å². The van der Waals surface area contributed by atoms with E-state index in [1.165, 1.54) is 9.80 Å². The number of ether oxygens (including phenoxy) is 1. The van der Waals surface area contributed by atoms with Gasteiger partial charge in [0.1, 0.15) is 10.9 Å². The van der Waals surface area contributed by atoms with Crippen LogP contribution in [-0.2, 0) is 19.1 Å². The molecule has 3 amide bonds. The number of amides is 3. The van der Waals surface area contributed by atoms with Crippen molar-refractivity contribution in [1.29, 1.82) is 0 Å². The van der Waals surface area contributed by atoms with Gasteiger partial charge in [-0.15, -0.1) is 0 Å². The number of thiocarbonyl (C=S) groups is 1. The second kappa shape index (κ2) is 9.56. The first kappa shape index (κ1) is 23.7. The molecule has 2 saturated heterocycles. The van der Waals surface area contributed by atoms with E-state index in [4.69, 9.17) is 17.0 Å². The fourth-order valence-corrected chi connectivity index (χ4v) is 5.87.